The first-order valence-electron chi connectivity index (χ1n) is 5.92. The van der Waals surface area contributed by atoms with E-state index in [1.807, 2.05) is 19.9 Å². The summed E-state index contributed by atoms with van der Waals surface area (Å²) in [6.45, 7) is 3.85. The van der Waals surface area contributed by atoms with Crippen LogP contribution in [0.5, 0.6) is 0 Å². The smallest absolute Gasteiger partial charge is 0.354 e. The van der Waals surface area contributed by atoms with Gasteiger partial charge in [-0.15, -0.1) is 0 Å². The minimum absolute atomic E-state index is 0.00475. The van der Waals surface area contributed by atoms with Crippen LogP contribution in [0, 0.1) is 13.8 Å². The van der Waals surface area contributed by atoms with Gasteiger partial charge in [0.25, 0.3) is 0 Å². The zero-order valence-electron chi connectivity index (χ0n) is 12.0. The molecule has 1 rings (SSSR count). The third kappa shape index (κ3) is 4.31. The molecule has 0 saturated carbocycles. The van der Waals surface area contributed by atoms with Gasteiger partial charge in [0.2, 0.25) is 0 Å². The van der Waals surface area contributed by atoms with Crippen LogP contribution in [0.25, 0.3) is 0 Å². The van der Waals surface area contributed by atoms with E-state index in [0.717, 1.165) is 26.1 Å². The van der Waals surface area contributed by atoms with Gasteiger partial charge in [-0.25, -0.2) is 9.59 Å². The van der Waals surface area contributed by atoms with Crippen LogP contribution in [0.3, 0.4) is 0 Å². The molecule has 5 nitrogen and oxygen atoms in total. The molecular formula is C14H15Br2NO4. The van der Waals surface area contributed by atoms with Crippen molar-refractivity contribution in [2.75, 3.05) is 19.5 Å². The summed E-state index contributed by atoms with van der Waals surface area (Å²) in [5.41, 5.74) is 2.62. The normalized spacial score (nSPS) is 11.0. The van der Waals surface area contributed by atoms with Crippen molar-refractivity contribution in [2.45, 2.75) is 13.8 Å². The standard InChI is InChI=1S/C14H15Br2NO4/c1-7-8(2)13(10(16)5-9(7)15)17-11(14(19)21-4)6-12(18)20-3/h5-6,17H,1-4H3/b11-6+. The second-order valence-corrected chi connectivity index (χ2v) is 5.87. The number of carbonyl (C=O) groups is 2. The summed E-state index contributed by atoms with van der Waals surface area (Å²) in [6.07, 6.45) is 1.05. The molecule has 0 bridgehead atoms. The number of rotatable bonds is 4. The van der Waals surface area contributed by atoms with Crippen LogP contribution in [0.1, 0.15) is 11.1 Å². The van der Waals surface area contributed by atoms with Gasteiger partial charge in [-0.1, -0.05) is 15.9 Å². The van der Waals surface area contributed by atoms with Gasteiger partial charge in [-0.2, -0.15) is 0 Å². The van der Waals surface area contributed by atoms with Gasteiger partial charge in [0.15, 0.2) is 0 Å². The van der Waals surface area contributed by atoms with Crippen molar-refractivity contribution in [2.24, 2.45) is 0 Å². The molecular weight excluding hydrogens is 406 g/mol. The fourth-order valence-corrected chi connectivity index (χ4v) is 3.02. The van der Waals surface area contributed by atoms with E-state index >= 15 is 0 Å². The Bertz CT molecular complexity index is 611. The van der Waals surface area contributed by atoms with E-state index in [0.29, 0.717) is 5.69 Å². The number of anilines is 1. The average Bonchev–Trinajstić information content (AvgIpc) is 2.46. The van der Waals surface area contributed by atoms with Crippen LogP contribution in [0.2, 0.25) is 0 Å². The van der Waals surface area contributed by atoms with Gasteiger partial charge >= 0.3 is 11.9 Å². The summed E-state index contributed by atoms with van der Waals surface area (Å²) in [5, 5.41) is 2.92. The number of hydrogen-bond acceptors (Lipinski definition) is 5. The predicted octanol–water partition coefficient (Wildman–Crippen LogP) is 3.47. The maximum absolute atomic E-state index is 11.8. The largest absolute Gasteiger partial charge is 0.466 e. The molecule has 21 heavy (non-hydrogen) atoms. The van der Waals surface area contributed by atoms with E-state index in [2.05, 4.69) is 46.7 Å². The van der Waals surface area contributed by atoms with Crippen LogP contribution in [0.15, 0.2) is 26.8 Å². The number of benzene rings is 1. The summed E-state index contributed by atoms with van der Waals surface area (Å²) in [4.78, 5) is 23.1. The highest BCUT2D eigenvalue weighted by Crippen LogP contribution is 2.34. The lowest BCUT2D eigenvalue weighted by Crippen LogP contribution is -2.16. The zero-order valence-corrected chi connectivity index (χ0v) is 15.2. The highest BCUT2D eigenvalue weighted by molar-refractivity contribution is 9.11. The third-order valence-corrected chi connectivity index (χ3v) is 4.37. The first-order chi connectivity index (χ1) is 9.81. The topological polar surface area (TPSA) is 64.6 Å². The van der Waals surface area contributed by atoms with Crippen LogP contribution < -0.4 is 5.32 Å². The summed E-state index contributed by atoms with van der Waals surface area (Å²) >= 11 is 6.88. The Labute approximate surface area is 139 Å². The minimum Gasteiger partial charge on any atom is -0.466 e. The lowest BCUT2D eigenvalue weighted by atomic mass is 10.1. The van der Waals surface area contributed by atoms with Crippen molar-refractivity contribution in [3.63, 3.8) is 0 Å². The molecule has 0 radical (unpaired) electrons. The molecule has 0 aliphatic heterocycles. The molecule has 1 N–H and O–H groups in total. The average molecular weight is 421 g/mol. The van der Waals surface area contributed by atoms with Crippen LogP contribution >= 0.6 is 31.9 Å². The molecule has 114 valence electrons. The summed E-state index contributed by atoms with van der Waals surface area (Å²) in [5.74, 6) is -1.31. The lowest BCUT2D eigenvalue weighted by molar-refractivity contribution is -0.138. The van der Waals surface area contributed by atoms with Crippen LogP contribution in [-0.2, 0) is 19.1 Å². The Morgan fingerprint density at radius 2 is 1.71 bits per heavy atom. The lowest BCUT2D eigenvalue weighted by Gasteiger charge is -2.16. The molecule has 0 aliphatic carbocycles. The van der Waals surface area contributed by atoms with Crippen molar-refractivity contribution >= 4 is 49.5 Å². The van der Waals surface area contributed by atoms with Gasteiger partial charge in [0.05, 0.1) is 26.0 Å². The second kappa shape index (κ2) is 7.61. The summed E-state index contributed by atoms with van der Waals surface area (Å²) in [7, 11) is 2.47. The Balaban J connectivity index is 3.28. The van der Waals surface area contributed by atoms with Gasteiger partial charge in [-0.05, 0) is 47.0 Å². The van der Waals surface area contributed by atoms with Crippen LogP contribution in [0.4, 0.5) is 5.69 Å². The number of methoxy groups -OCH3 is 2. The highest BCUT2D eigenvalue weighted by atomic mass is 79.9. The monoisotopic (exact) mass is 419 g/mol. The minimum atomic E-state index is -0.660. The SMILES string of the molecule is COC(=O)/C=C(/Nc1c(Br)cc(Br)c(C)c1C)C(=O)OC. The van der Waals surface area contributed by atoms with E-state index in [1.165, 1.54) is 14.2 Å². The number of halogens is 2. The molecule has 1 aromatic carbocycles. The molecule has 0 saturated heterocycles. The molecule has 0 atom stereocenters. The molecule has 0 fully saturated rings. The van der Waals surface area contributed by atoms with Crippen molar-refractivity contribution < 1.29 is 19.1 Å². The molecule has 0 heterocycles. The zero-order chi connectivity index (χ0) is 16.2. The number of esters is 2. The van der Waals surface area contributed by atoms with Crippen molar-refractivity contribution in [3.8, 4) is 0 Å². The van der Waals surface area contributed by atoms with Crippen molar-refractivity contribution in [1.29, 1.82) is 0 Å². The molecule has 0 aromatic heterocycles. The molecule has 1 aromatic rings. The van der Waals surface area contributed by atoms with Crippen molar-refractivity contribution in [1.82, 2.24) is 0 Å². The van der Waals surface area contributed by atoms with E-state index in [4.69, 9.17) is 0 Å². The van der Waals surface area contributed by atoms with Gasteiger partial charge < -0.3 is 14.8 Å². The third-order valence-electron chi connectivity index (χ3n) is 2.92. The fraction of sp³-hybridized carbons (Fsp3) is 0.286. The van der Waals surface area contributed by atoms with E-state index < -0.39 is 11.9 Å². The van der Waals surface area contributed by atoms with E-state index in [1.54, 1.807) is 0 Å². The van der Waals surface area contributed by atoms with Gasteiger partial charge in [0, 0.05) is 8.95 Å². The predicted molar refractivity (Wildman–Crippen MR) is 87.1 cm³/mol. The van der Waals surface area contributed by atoms with E-state index in [9.17, 15) is 9.59 Å². The highest BCUT2D eigenvalue weighted by Gasteiger charge is 2.17. The summed E-state index contributed by atoms with van der Waals surface area (Å²) < 4.78 is 10.9. The Morgan fingerprint density at radius 1 is 1.10 bits per heavy atom. The molecule has 0 spiro atoms. The number of hydrogen-bond donors (Lipinski definition) is 1. The van der Waals surface area contributed by atoms with Crippen molar-refractivity contribution in [3.05, 3.63) is 37.9 Å². The number of ether oxygens (including phenoxy) is 2. The van der Waals surface area contributed by atoms with E-state index in [-0.39, 0.29) is 5.70 Å². The molecule has 7 heteroatoms. The molecule has 0 amide bonds. The second-order valence-electron chi connectivity index (χ2n) is 4.16. The maximum atomic E-state index is 11.8. The first kappa shape index (κ1) is 17.7. The van der Waals surface area contributed by atoms with Gasteiger partial charge in [0.1, 0.15) is 5.70 Å². The first-order valence-corrected chi connectivity index (χ1v) is 7.50. The maximum Gasteiger partial charge on any atom is 0.354 e. The summed E-state index contributed by atoms with van der Waals surface area (Å²) in [6, 6.07) is 1.86. The number of nitrogens with one attached hydrogen (secondary N) is 1. The molecule has 0 aliphatic rings. The Kier molecular flexibility index (Phi) is 6.42. The fourth-order valence-electron chi connectivity index (χ4n) is 1.56. The molecule has 0 unspecified atom stereocenters. The van der Waals surface area contributed by atoms with Gasteiger partial charge in [-0.3, -0.25) is 0 Å². The Morgan fingerprint density at radius 3 is 2.24 bits per heavy atom. The quantitative estimate of drug-likeness (QED) is 0.596. The van der Waals surface area contributed by atoms with Crippen LogP contribution in [-0.4, -0.2) is 26.2 Å². The number of carbonyl (C=O) groups excluding carboxylic acids is 2. The Hall–Kier alpha value is -1.34.